The van der Waals surface area contributed by atoms with Crippen molar-refractivity contribution in [1.82, 2.24) is 10.2 Å². The molecule has 0 bridgehead atoms. The lowest BCUT2D eigenvalue weighted by Crippen LogP contribution is -2.45. The van der Waals surface area contributed by atoms with E-state index in [4.69, 9.17) is 0 Å². The molecular weight excluding hydrogens is 296 g/mol. The monoisotopic (exact) mass is 320 g/mol. The van der Waals surface area contributed by atoms with Gasteiger partial charge in [-0.1, -0.05) is 19.3 Å². The van der Waals surface area contributed by atoms with Gasteiger partial charge in [-0.05, 0) is 36.1 Å². The Labute approximate surface area is 135 Å². The summed E-state index contributed by atoms with van der Waals surface area (Å²) in [4.78, 5) is 26.2. The highest BCUT2D eigenvalue weighted by atomic mass is 32.1. The van der Waals surface area contributed by atoms with Gasteiger partial charge in [0.25, 0.3) is 5.91 Å². The maximum absolute atomic E-state index is 12.3. The van der Waals surface area contributed by atoms with Crippen LogP contribution in [-0.4, -0.2) is 36.3 Å². The van der Waals surface area contributed by atoms with E-state index in [1.54, 1.807) is 6.07 Å². The van der Waals surface area contributed by atoms with Gasteiger partial charge in [-0.15, -0.1) is 0 Å². The number of thiophene rings is 1. The summed E-state index contributed by atoms with van der Waals surface area (Å²) in [7, 11) is 0. The van der Waals surface area contributed by atoms with E-state index in [9.17, 15) is 9.59 Å². The average molecular weight is 320 g/mol. The molecule has 3 rings (SSSR count). The summed E-state index contributed by atoms with van der Waals surface area (Å²) >= 11 is 1.50. The Hall–Kier alpha value is -1.36. The summed E-state index contributed by atoms with van der Waals surface area (Å²) in [5.41, 5.74) is 0.681. The number of hydrogen-bond donors (Lipinski definition) is 1. The van der Waals surface area contributed by atoms with E-state index in [1.165, 1.54) is 37.0 Å². The van der Waals surface area contributed by atoms with Crippen LogP contribution in [-0.2, 0) is 4.79 Å². The topological polar surface area (TPSA) is 49.4 Å². The van der Waals surface area contributed by atoms with Gasteiger partial charge in [-0.3, -0.25) is 9.59 Å². The molecule has 5 heteroatoms. The Bertz CT molecular complexity index is 515. The molecule has 0 aromatic carbocycles. The molecule has 4 nitrogen and oxygen atoms in total. The van der Waals surface area contributed by atoms with E-state index < -0.39 is 0 Å². The molecule has 1 aliphatic heterocycles. The SMILES string of the molecule is O=C(NCCC(=O)N1CC[C@H]2CCCC[C@@H]2C1)c1ccsc1. The first kappa shape index (κ1) is 15.5. The quantitative estimate of drug-likeness (QED) is 0.927. The summed E-state index contributed by atoms with van der Waals surface area (Å²) in [6.45, 7) is 2.26. The first-order valence-corrected chi connectivity index (χ1v) is 9.26. The van der Waals surface area contributed by atoms with Crippen molar-refractivity contribution in [2.24, 2.45) is 11.8 Å². The van der Waals surface area contributed by atoms with E-state index in [0.29, 0.717) is 24.4 Å². The van der Waals surface area contributed by atoms with Crippen LogP contribution in [0.4, 0.5) is 0 Å². The van der Waals surface area contributed by atoms with E-state index in [-0.39, 0.29) is 11.8 Å². The number of amides is 2. The third-order valence-electron chi connectivity index (χ3n) is 5.05. The van der Waals surface area contributed by atoms with E-state index in [2.05, 4.69) is 5.32 Å². The number of carbonyl (C=O) groups excluding carboxylic acids is 2. The van der Waals surface area contributed by atoms with Crippen molar-refractivity contribution in [3.8, 4) is 0 Å². The molecule has 2 amide bonds. The molecule has 1 saturated carbocycles. The van der Waals surface area contributed by atoms with Crippen molar-refractivity contribution in [3.63, 3.8) is 0 Å². The predicted octanol–water partition coefficient (Wildman–Crippen LogP) is 2.91. The van der Waals surface area contributed by atoms with Crippen LogP contribution in [0, 0.1) is 11.8 Å². The Morgan fingerprint density at radius 2 is 2.05 bits per heavy atom. The molecule has 0 spiro atoms. The molecule has 2 aliphatic rings. The third-order valence-corrected chi connectivity index (χ3v) is 5.73. The lowest BCUT2D eigenvalue weighted by molar-refractivity contribution is -0.134. The van der Waals surface area contributed by atoms with Crippen LogP contribution in [0.3, 0.4) is 0 Å². The molecule has 1 N–H and O–H groups in total. The summed E-state index contributed by atoms with van der Waals surface area (Å²) in [5, 5.41) is 6.54. The molecule has 0 unspecified atom stereocenters. The third kappa shape index (κ3) is 3.69. The summed E-state index contributed by atoms with van der Waals surface area (Å²) in [6.07, 6.45) is 6.89. The first-order valence-electron chi connectivity index (χ1n) is 8.32. The van der Waals surface area contributed by atoms with Crippen LogP contribution in [0.2, 0.25) is 0 Å². The molecule has 2 atom stereocenters. The number of rotatable bonds is 4. The molecule has 22 heavy (non-hydrogen) atoms. The zero-order valence-corrected chi connectivity index (χ0v) is 13.7. The number of carbonyl (C=O) groups is 2. The molecular formula is C17H24N2O2S. The highest BCUT2D eigenvalue weighted by molar-refractivity contribution is 7.08. The van der Waals surface area contributed by atoms with Crippen LogP contribution in [0.5, 0.6) is 0 Å². The number of fused-ring (bicyclic) bond motifs is 1. The van der Waals surface area contributed by atoms with Gasteiger partial charge >= 0.3 is 0 Å². The normalized spacial score (nSPS) is 24.6. The maximum atomic E-state index is 12.3. The van der Waals surface area contributed by atoms with E-state index in [0.717, 1.165) is 25.4 Å². The van der Waals surface area contributed by atoms with Gasteiger partial charge in [0.05, 0.1) is 0 Å². The Balaban J connectivity index is 1.41. The average Bonchev–Trinajstić information content (AvgIpc) is 3.08. The number of likely N-dealkylation sites (tertiary alicyclic amines) is 1. The second-order valence-corrected chi connectivity index (χ2v) is 7.23. The van der Waals surface area contributed by atoms with Crippen molar-refractivity contribution >= 4 is 23.2 Å². The summed E-state index contributed by atoms with van der Waals surface area (Å²) < 4.78 is 0. The Morgan fingerprint density at radius 1 is 1.23 bits per heavy atom. The molecule has 0 radical (unpaired) electrons. The molecule has 1 aromatic heterocycles. The van der Waals surface area contributed by atoms with E-state index in [1.807, 2.05) is 15.7 Å². The molecule has 1 aliphatic carbocycles. The van der Waals surface area contributed by atoms with Crippen LogP contribution < -0.4 is 5.32 Å². The van der Waals surface area contributed by atoms with Gasteiger partial charge < -0.3 is 10.2 Å². The smallest absolute Gasteiger partial charge is 0.252 e. The largest absolute Gasteiger partial charge is 0.351 e. The summed E-state index contributed by atoms with van der Waals surface area (Å²) in [6, 6.07) is 1.80. The zero-order chi connectivity index (χ0) is 15.4. The lowest BCUT2D eigenvalue weighted by atomic mass is 9.75. The van der Waals surface area contributed by atoms with Gasteiger partial charge in [-0.25, -0.2) is 0 Å². The second-order valence-electron chi connectivity index (χ2n) is 6.45. The second kappa shape index (κ2) is 7.27. The standard InChI is InChI=1S/C17H24N2O2S/c20-16(5-8-18-17(21)15-7-10-22-12-15)19-9-6-13-3-1-2-4-14(13)11-19/h7,10,12-14H,1-6,8-9,11H2,(H,18,21)/t13-,14-/m1/s1. The van der Waals surface area contributed by atoms with Gasteiger partial charge in [0.2, 0.25) is 5.91 Å². The molecule has 2 fully saturated rings. The van der Waals surface area contributed by atoms with E-state index >= 15 is 0 Å². The first-order chi connectivity index (χ1) is 10.7. The summed E-state index contributed by atoms with van der Waals surface area (Å²) in [5.74, 6) is 1.66. The van der Waals surface area contributed by atoms with Gasteiger partial charge in [-0.2, -0.15) is 11.3 Å². The fraction of sp³-hybridized carbons (Fsp3) is 0.647. The fourth-order valence-corrected chi connectivity index (χ4v) is 4.40. The predicted molar refractivity (Wildman–Crippen MR) is 87.9 cm³/mol. The number of nitrogens with zero attached hydrogens (tertiary/aromatic N) is 1. The van der Waals surface area contributed by atoms with Crippen molar-refractivity contribution < 1.29 is 9.59 Å². The highest BCUT2D eigenvalue weighted by Crippen LogP contribution is 2.36. The zero-order valence-electron chi connectivity index (χ0n) is 12.9. The van der Waals surface area contributed by atoms with Crippen LogP contribution >= 0.6 is 11.3 Å². The number of piperidine rings is 1. The minimum atomic E-state index is -0.0833. The highest BCUT2D eigenvalue weighted by Gasteiger charge is 2.32. The van der Waals surface area contributed by atoms with Gasteiger partial charge in [0.15, 0.2) is 0 Å². The maximum Gasteiger partial charge on any atom is 0.252 e. The van der Waals surface area contributed by atoms with Crippen LogP contribution in [0.15, 0.2) is 16.8 Å². The fourth-order valence-electron chi connectivity index (χ4n) is 3.76. The Morgan fingerprint density at radius 3 is 2.82 bits per heavy atom. The molecule has 1 saturated heterocycles. The molecule has 120 valence electrons. The van der Waals surface area contributed by atoms with Crippen LogP contribution in [0.1, 0.15) is 48.9 Å². The minimum Gasteiger partial charge on any atom is -0.351 e. The molecule has 2 heterocycles. The van der Waals surface area contributed by atoms with Crippen molar-refractivity contribution in [3.05, 3.63) is 22.4 Å². The lowest BCUT2D eigenvalue weighted by Gasteiger charge is -2.41. The Kier molecular flexibility index (Phi) is 5.13. The number of nitrogens with one attached hydrogen (secondary N) is 1. The molecule has 1 aromatic rings. The van der Waals surface area contributed by atoms with Gasteiger partial charge in [0.1, 0.15) is 0 Å². The van der Waals surface area contributed by atoms with Crippen molar-refractivity contribution in [2.75, 3.05) is 19.6 Å². The minimum absolute atomic E-state index is 0.0833. The van der Waals surface area contributed by atoms with Crippen LogP contribution in [0.25, 0.3) is 0 Å². The number of hydrogen-bond acceptors (Lipinski definition) is 3. The van der Waals surface area contributed by atoms with Crippen molar-refractivity contribution in [2.45, 2.75) is 38.5 Å². The van der Waals surface area contributed by atoms with Gasteiger partial charge in [0, 0.05) is 37.0 Å². The van der Waals surface area contributed by atoms with Crippen molar-refractivity contribution in [1.29, 1.82) is 0 Å².